The zero-order valence-corrected chi connectivity index (χ0v) is 15.5. The number of urea groups is 1. The first-order valence-electron chi connectivity index (χ1n) is 9.61. The Bertz CT molecular complexity index is 721. The minimum Gasteiger partial charge on any atom is -0.353 e. The van der Waals surface area contributed by atoms with Crippen LogP contribution in [-0.2, 0) is 11.3 Å². The van der Waals surface area contributed by atoms with Gasteiger partial charge in [-0.15, -0.1) is 0 Å². The van der Waals surface area contributed by atoms with E-state index in [4.69, 9.17) is 0 Å². The van der Waals surface area contributed by atoms with Crippen molar-refractivity contribution in [2.75, 3.05) is 6.54 Å². The van der Waals surface area contributed by atoms with Crippen LogP contribution in [0.3, 0.4) is 0 Å². The highest BCUT2D eigenvalue weighted by molar-refractivity contribution is 5.78. The van der Waals surface area contributed by atoms with Gasteiger partial charge in [0.2, 0.25) is 5.91 Å². The summed E-state index contributed by atoms with van der Waals surface area (Å²) in [7, 11) is 0. The van der Waals surface area contributed by atoms with Gasteiger partial charge in [0, 0.05) is 37.9 Å². The summed E-state index contributed by atoms with van der Waals surface area (Å²) in [6.07, 6.45) is 9.70. The molecule has 3 rings (SSSR count). The van der Waals surface area contributed by atoms with Gasteiger partial charge in [-0.1, -0.05) is 31.4 Å². The zero-order chi connectivity index (χ0) is 18.9. The van der Waals surface area contributed by atoms with E-state index in [0.29, 0.717) is 25.6 Å². The molecule has 7 nitrogen and oxygen atoms in total. The number of aromatic nitrogens is 2. The molecule has 1 aromatic carbocycles. The lowest BCUT2D eigenvalue weighted by Gasteiger charge is -2.22. The Labute approximate surface area is 159 Å². The second kappa shape index (κ2) is 9.75. The number of nitrogens with one attached hydrogen (secondary N) is 3. The molecular formula is C20H27N5O2. The zero-order valence-electron chi connectivity index (χ0n) is 15.5. The molecule has 2 aromatic rings. The van der Waals surface area contributed by atoms with E-state index in [9.17, 15) is 9.59 Å². The minimum atomic E-state index is -0.267. The molecule has 0 saturated heterocycles. The van der Waals surface area contributed by atoms with E-state index >= 15 is 0 Å². The molecule has 0 unspecified atom stereocenters. The maximum atomic E-state index is 11.9. The topological polar surface area (TPSA) is 88.1 Å². The van der Waals surface area contributed by atoms with Crippen molar-refractivity contribution in [1.82, 2.24) is 25.7 Å². The van der Waals surface area contributed by atoms with E-state index in [2.05, 4.69) is 21.0 Å². The second-order valence-electron chi connectivity index (χ2n) is 6.88. The van der Waals surface area contributed by atoms with Crippen molar-refractivity contribution in [2.45, 2.75) is 51.1 Å². The van der Waals surface area contributed by atoms with Crippen LogP contribution >= 0.6 is 0 Å². The van der Waals surface area contributed by atoms with Crippen LogP contribution < -0.4 is 16.0 Å². The molecule has 3 amide bonds. The number of benzene rings is 1. The molecule has 144 valence electrons. The third-order valence-corrected chi connectivity index (χ3v) is 4.77. The molecule has 1 aliphatic rings. The quantitative estimate of drug-likeness (QED) is 0.701. The number of nitrogens with zero attached hydrogens (tertiary/aromatic N) is 2. The molecule has 1 saturated carbocycles. The van der Waals surface area contributed by atoms with Crippen LogP contribution in [0.4, 0.5) is 4.79 Å². The standard InChI is InChI=1S/C20H27N5O2/c26-19(24-17-5-2-1-3-6-17)11-13-21-20(27)22-15-16-7-9-18(10-8-16)25-14-4-12-23-25/h4,7-10,12,14,17H,1-3,5-6,11,13,15H2,(H,24,26)(H2,21,22,27). The Kier molecular flexibility index (Phi) is 6.84. The summed E-state index contributed by atoms with van der Waals surface area (Å²) in [5.41, 5.74) is 1.97. The van der Waals surface area contributed by atoms with Crippen molar-refractivity contribution in [2.24, 2.45) is 0 Å². The smallest absolute Gasteiger partial charge is 0.315 e. The van der Waals surface area contributed by atoms with Gasteiger partial charge in [-0.05, 0) is 36.6 Å². The van der Waals surface area contributed by atoms with Gasteiger partial charge in [0.25, 0.3) is 0 Å². The summed E-state index contributed by atoms with van der Waals surface area (Å²) in [5.74, 6) is 0.0106. The highest BCUT2D eigenvalue weighted by atomic mass is 16.2. The predicted octanol–water partition coefficient (Wildman–Crippen LogP) is 2.51. The molecule has 1 aromatic heterocycles. The molecule has 7 heteroatoms. The van der Waals surface area contributed by atoms with Crippen molar-refractivity contribution < 1.29 is 9.59 Å². The Morgan fingerprint density at radius 1 is 1.07 bits per heavy atom. The Morgan fingerprint density at radius 3 is 2.56 bits per heavy atom. The highest BCUT2D eigenvalue weighted by Gasteiger charge is 2.15. The molecule has 0 aliphatic heterocycles. The predicted molar refractivity (Wildman–Crippen MR) is 103 cm³/mol. The number of amides is 3. The maximum absolute atomic E-state index is 11.9. The summed E-state index contributed by atoms with van der Waals surface area (Å²) in [6.45, 7) is 0.766. The van der Waals surface area contributed by atoms with Gasteiger partial charge in [0.1, 0.15) is 0 Å². The van der Waals surface area contributed by atoms with Crippen LogP contribution in [0.2, 0.25) is 0 Å². The minimum absolute atomic E-state index is 0.0106. The number of hydrogen-bond acceptors (Lipinski definition) is 3. The van der Waals surface area contributed by atoms with Crippen LogP contribution in [0.5, 0.6) is 0 Å². The first-order chi connectivity index (χ1) is 13.2. The van der Waals surface area contributed by atoms with Crippen LogP contribution in [0.25, 0.3) is 5.69 Å². The van der Waals surface area contributed by atoms with E-state index in [1.807, 2.05) is 36.5 Å². The van der Waals surface area contributed by atoms with E-state index in [1.54, 1.807) is 10.9 Å². The lowest BCUT2D eigenvalue weighted by Crippen LogP contribution is -2.40. The third kappa shape index (κ3) is 6.13. The monoisotopic (exact) mass is 369 g/mol. The van der Waals surface area contributed by atoms with Gasteiger partial charge >= 0.3 is 6.03 Å². The Morgan fingerprint density at radius 2 is 1.85 bits per heavy atom. The van der Waals surface area contributed by atoms with E-state index in [-0.39, 0.29) is 11.9 Å². The fraction of sp³-hybridized carbons (Fsp3) is 0.450. The molecule has 0 spiro atoms. The molecule has 0 radical (unpaired) electrons. The van der Waals surface area contributed by atoms with Crippen molar-refractivity contribution in [3.8, 4) is 5.69 Å². The fourth-order valence-electron chi connectivity index (χ4n) is 3.27. The molecule has 1 aliphatic carbocycles. The largest absolute Gasteiger partial charge is 0.353 e. The second-order valence-corrected chi connectivity index (χ2v) is 6.88. The fourth-order valence-corrected chi connectivity index (χ4v) is 3.27. The number of carbonyl (C=O) groups is 2. The van der Waals surface area contributed by atoms with Gasteiger partial charge < -0.3 is 16.0 Å². The average molecular weight is 369 g/mol. The average Bonchev–Trinajstić information content (AvgIpc) is 3.22. The van der Waals surface area contributed by atoms with Gasteiger partial charge in [-0.25, -0.2) is 9.48 Å². The van der Waals surface area contributed by atoms with Gasteiger partial charge in [0.15, 0.2) is 0 Å². The van der Waals surface area contributed by atoms with E-state index in [0.717, 1.165) is 24.1 Å². The molecular weight excluding hydrogens is 342 g/mol. The Balaban J connectivity index is 1.31. The normalized spacial score (nSPS) is 14.5. The number of carbonyl (C=O) groups excluding carboxylic acids is 2. The van der Waals surface area contributed by atoms with Gasteiger partial charge in [-0.2, -0.15) is 5.10 Å². The molecule has 27 heavy (non-hydrogen) atoms. The van der Waals surface area contributed by atoms with Crippen molar-refractivity contribution in [1.29, 1.82) is 0 Å². The van der Waals surface area contributed by atoms with Crippen molar-refractivity contribution in [3.05, 3.63) is 48.3 Å². The molecule has 1 fully saturated rings. The van der Waals surface area contributed by atoms with Crippen LogP contribution in [0, 0.1) is 0 Å². The number of hydrogen-bond donors (Lipinski definition) is 3. The Hall–Kier alpha value is -2.83. The molecule has 3 N–H and O–H groups in total. The van der Waals surface area contributed by atoms with Crippen molar-refractivity contribution >= 4 is 11.9 Å². The molecule has 0 bridgehead atoms. The summed E-state index contributed by atoms with van der Waals surface area (Å²) in [4.78, 5) is 23.8. The SMILES string of the molecule is O=C(CCNC(=O)NCc1ccc(-n2cccn2)cc1)NC1CCCCC1. The number of rotatable bonds is 7. The van der Waals surface area contributed by atoms with Gasteiger partial charge in [0.05, 0.1) is 5.69 Å². The first-order valence-corrected chi connectivity index (χ1v) is 9.61. The highest BCUT2D eigenvalue weighted by Crippen LogP contribution is 2.17. The van der Waals surface area contributed by atoms with Crippen LogP contribution in [0.1, 0.15) is 44.1 Å². The van der Waals surface area contributed by atoms with Crippen LogP contribution in [0.15, 0.2) is 42.7 Å². The lowest BCUT2D eigenvalue weighted by molar-refractivity contribution is -0.121. The lowest BCUT2D eigenvalue weighted by atomic mass is 9.95. The molecule has 0 atom stereocenters. The molecule has 1 heterocycles. The summed E-state index contributed by atoms with van der Waals surface area (Å²) in [6, 6.07) is 9.73. The summed E-state index contributed by atoms with van der Waals surface area (Å²) < 4.78 is 1.78. The summed E-state index contributed by atoms with van der Waals surface area (Å²) in [5, 5.41) is 12.8. The van der Waals surface area contributed by atoms with Crippen LogP contribution in [-0.4, -0.2) is 34.3 Å². The summed E-state index contributed by atoms with van der Waals surface area (Å²) >= 11 is 0. The maximum Gasteiger partial charge on any atom is 0.315 e. The van der Waals surface area contributed by atoms with E-state index in [1.165, 1.54) is 19.3 Å². The van der Waals surface area contributed by atoms with Crippen molar-refractivity contribution in [3.63, 3.8) is 0 Å². The third-order valence-electron chi connectivity index (χ3n) is 4.77. The van der Waals surface area contributed by atoms with E-state index < -0.39 is 0 Å². The first kappa shape index (κ1) is 18.9. The van der Waals surface area contributed by atoms with Gasteiger partial charge in [-0.3, -0.25) is 4.79 Å².